The Morgan fingerprint density at radius 2 is 1.80 bits per heavy atom. The number of benzene rings is 2. The van der Waals surface area contributed by atoms with Crippen LogP contribution in [0.5, 0.6) is 5.75 Å². The van der Waals surface area contributed by atoms with Crippen LogP contribution in [0.2, 0.25) is 0 Å². The van der Waals surface area contributed by atoms with Crippen LogP contribution in [0.1, 0.15) is 12.8 Å². The molecule has 25 heavy (non-hydrogen) atoms. The lowest BCUT2D eigenvalue weighted by atomic mass is 10.2. The van der Waals surface area contributed by atoms with Crippen molar-refractivity contribution in [1.29, 1.82) is 0 Å². The van der Waals surface area contributed by atoms with E-state index in [1.165, 1.54) is 31.4 Å². The molecule has 0 atom stereocenters. The SMILES string of the molecule is COc1ccc(NC(=O)Nc2ccc(F)cc2)cc1N1CCCC1=O. The number of hydrogen-bond donors (Lipinski definition) is 2. The minimum Gasteiger partial charge on any atom is -0.495 e. The molecule has 0 saturated carbocycles. The molecule has 2 N–H and O–H groups in total. The maximum Gasteiger partial charge on any atom is 0.323 e. The number of amides is 3. The molecule has 0 aromatic heterocycles. The van der Waals surface area contributed by atoms with Crippen LogP contribution in [0.15, 0.2) is 42.5 Å². The topological polar surface area (TPSA) is 70.7 Å². The fraction of sp³-hybridized carbons (Fsp3) is 0.222. The summed E-state index contributed by atoms with van der Waals surface area (Å²) < 4.78 is 18.2. The van der Waals surface area contributed by atoms with Gasteiger partial charge in [0.1, 0.15) is 11.6 Å². The van der Waals surface area contributed by atoms with Gasteiger partial charge in [-0.1, -0.05) is 0 Å². The molecule has 0 unspecified atom stereocenters. The van der Waals surface area contributed by atoms with E-state index >= 15 is 0 Å². The van der Waals surface area contributed by atoms with E-state index in [0.717, 1.165) is 6.42 Å². The highest BCUT2D eigenvalue weighted by Gasteiger charge is 2.24. The Morgan fingerprint density at radius 1 is 1.12 bits per heavy atom. The molecule has 6 nitrogen and oxygen atoms in total. The van der Waals surface area contributed by atoms with Gasteiger partial charge in [-0.3, -0.25) is 4.79 Å². The van der Waals surface area contributed by atoms with E-state index < -0.39 is 6.03 Å². The number of anilines is 3. The van der Waals surface area contributed by atoms with E-state index in [0.29, 0.717) is 35.8 Å². The van der Waals surface area contributed by atoms with Gasteiger partial charge in [0.25, 0.3) is 0 Å². The van der Waals surface area contributed by atoms with Crippen LogP contribution in [0.3, 0.4) is 0 Å². The van der Waals surface area contributed by atoms with Crippen molar-refractivity contribution < 1.29 is 18.7 Å². The molecule has 2 aromatic rings. The number of carbonyl (C=O) groups is 2. The van der Waals surface area contributed by atoms with Crippen molar-refractivity contribution in [2.75, 3.05) is 29.2 Å². The molecule has 1 aliphatic rings. The van der Waals surface area contributed by atoms with Crippen molar-refractivity contribution in [2.45, 2.75) is 12.8 Å². The molecule has 7 heteroatoms. The molecular formula is C18H18FN3O3. The Kier molecular flexibility index (Phi) is 4.83. The molecule has 1 heterocycles. The smallest absolute Gasteiger partial charge is 0.323 e. The van der Waals surface area contributed by atoms with Crippen molar-refractivity contribution in [1.82, 2.24) is 0 Å². The summed E-state index contributed by atoms with van der Waals surface area (Å²) in [5, 5.41) is 5.31. The van der Waals surface area contributed by atoms with Crippen LogP contribution >= 0.6 is 0 Å². The fourth-order valence-electron chi connectivity index (χ4n) is 2.71. The highest BCUT2D eigenvalue weighted by Crippen LogP contribution is 2.34. The molecule has 1 aliphatic heterocycles. The normalized spacial score (nSPS) is 13.7. The summed E-state index contributed by atoms with van der Waals surface area (Å²) in [4.78, 5) is 25.7. The Balaban J connectivity index is 1.74. The first-order valence-electron chi connectivity index (χ1n) is 7.89. The van der Waals surface area contributed by atoms with Crippen LogP contribution in [0.25, 0.3) is 0 Å². The Morgan fingerprint density at radius 3 is 2.44 bits per heavy atom. The summed E-state index contributed by atoms with van der Waals surface area (Å²) in [6.45, 7) is 0.625. The van der Waals surface area contributed by atoms with Gasteiger partial charge in [-0.2, -0.15) is 0 Å². The first-order chi connectivity index (χ1) is 12.1. The van der Waals surface area contributed by atoms with Gasteiger partial charge in [-0.25, -0.2) is 9.18 Å². The standard InChI is InChI=1S/C18H18FN3O3/c1-25-16-9-8-14(11-15(16)22-10-2-3-17(22)23)21-18(24)20-13-6-4-12(19)5-7-13/h4-9,11H,2-3,10H2,1H3,(H2,20,21,24). The van der Waals surface area contributed by atoms with E-state index in [9.17, 15) is 14.0 Å². The van der Waals surface area contributed by atoms with E-state index in [4.69, 9.17) is 4.74 Å². The fourth-order valence-corrected chi connectivity index (χ4v) is 2.71. The van der Waals surface area contributed by atoms with Gasteiger partial charge in [0.15, 0.2) is 0 Å². The summed E-state index contributed by atoms with van der Waals surface area (Å²) in [6.07, 6.45) is 1.30. The number of nitrogens with zero attached hydrogens (tertiary/aromatic N) is 1. The van der Waals surface area contributed by atoms with Gasteiger partial charge >= 0.3 is 6.03 Å². The minimum absolute atomic E-state index is 0.0335. The van der Waals surface area contributed by atoms with Crippen molar-refractivity contribution in [2.24, 2.45) is 0 Å². The summed E-state index contributed by atoms with van der Waals surface area (Å²) in [7, 11) is 1.54. The molecule has 130 valence electrons. The van der Waals surface area contributed by atoms with E-state index in [2.05, 4.69) is 10.6 Å². The first kappa shape index (κ1) is 16.8. The Bertz CT molecular complexity index is 793. The van der Waals surface area contributed by atoms with Crippen LogP contribution in [0.4, 0.5) is 26.2 Å². The molecule has 0 bridgehead atoms. The molecule has 1 saturated heterocycles. The number of carbonyl (C=O) groups excluding carboxylic acids is 2. The van der Waals surface area contributed by atoms with Crippen LogP contribution in [-0.2, 0) is 4.79 Å². The van der Waals surface area contributed by atoms with Crippen molar-refractivity contribution in [3.63, 3.8) is 0 Å². The lowest BCUT2D eigenvalue weighted by Crippen LogP contribution is -2.25. The Labute approximate surface area is 144 Å². The molecule has 3 rings (SSSR count). The van der Waals surface area contributed by atoms with Crippen molar-refractivity contribution in [3.8, 4) is 5.75 Å². The number of rotatable bonds is 4. The lowest BCUT2D eigenvalue weighted by molar-refractivity contribution is -0.117. The van der Waals surface area contributed by atoms with Gasteiger partial charge < -0.3 is 20.3 Å². The molecule has 0 radical (unpaired) electrons. The predicted octanol–water partition coefficient (Wildman–Crippen LogP) is 3.61. The second-order valence-electron chi connectivity index (χ2n) is 5.62. The average molecular weight is 343 g/mol. The quantitative estimate of drug-likeness (QED) is 0.891. The largest absolute Gasteiger partial charge is 0.495 e. The summed E-state index contributed by atoms with van der Waals surface area (Å²) in [5.74, 6) is 0.229. The van der Waals surface area contributed by atoms with Gasteiger partial charge in [0.05, 0.1) is 12.8 Å². The second kappa shape index (κ2) is 7.21. The highest BCUT2D eigenvalue weighted by molar-refractivity contribution is 6.01. The van der Waals surface area contributed by atoms with Crippen molar-refractivity contribution >= 4 is 29.0 Å². The van der Waals surface area contributed by atoms with E-state index in [-0.39, 0.29) is 11.7 Å². The molecule has 1 fully saturated rings. The molecule has 0 spiro atoms. The summed E-state index contributed by atoms with van der Waals surface area (Å²) in [5.41, 5.74) is 1.63. The zero-order valence-corrected chi connectivity index (χ0v) is 13.7. The number of urea groups is 1. The van der Waals surface area contributed by atoms with Gasteiger partial charge in [-0.15, -0.1) is 0 Å². The molecular weight excluding hydrogens is 325 g/mol. The number of nitrogens with one attached hydrogen (secondary N) is 2. The monoisotopic (exact) mass is 343 g/mol. The molecule has 3 amide bonds. The maximum atomic E-state index is 12.9. The lowest BCUT2D eigenvalue weighted by Gasteiger charge is -2.20. The number of halogens is 1. The number of hydrogen-bond acceptors (Lipinski definition) is 3. The average Bonchev–Trinajstić information content (AvgIpc) is 3.02. The van der Waals surface area contributed by atoms with Gasteiger partial charge in [0.2, 0.25) is 5.91 Å². The zero-order chi connectivity index (χ0) is 17.8. The van der Waals surface area contributed by atoms with Gasteiger partial charge in [-0.05, 0) is 48.9 Å². The zero-order valence-electron chi connectivity index (χ0n) is 13.7. The third-order valence-electron chi connectivity index (χ3n) is 3.90. The molecule has 2 aromatic carbocycles. The van der Waals surface area contributed by atoms with E-state index in [1.807, 2.05) is 0 Å². The number of ether oxygens (including phenoxy) is 1. The van der Waals surface area contributed by atoms with Crippen LogP contribution < -0.4 is 20.3 Å². The summed E-state index contributed by atoms with van der Waals surface area (Å²) in [6, 6.07) is 10.1. The van der Waals surface area contributed by atoms with Gasteiger partial charge in [0, 0.05) is 24.3 Å². The maximum absolute atomic E-state index is 12.9. The van der Waals surface area contributed by atoms with Crippen molar-refractivity contribution in [3.05, 3.63) is 48.3 Å². The van der Waals surface area contributed by atoms with E-state index in [1.54, 1.807) is 23.1 Å². The highest BCUT2D eigenvalue weighted by atomic mass is 19.1. The summed E-state index contributed by atoms with van der Waals surface area (Å²) >= 11 is 0. The first-order valence-corrected chi connectivity index (χ1v) is 7.89. The van der Waals surface area contributed by atoms with Crippen LogP contribution in [0, 0.1) is 5.82 Å². The minimum atomic E-state index is -0.463. The third-order valence-corrected chi connectivity index (χ3v) is 3.90. The molecule has 0 aliphatic carbocycles. The second-order valence-corrected chi connectivity index (χ2v) is 5.62. The third kappa shape index (κ3) is 3.88. The Hall–Kier alpha value is -3.09. The van der Waals surface area contributed by atoms with Crippen LogP contribution in [-0.4, -0.2) is 25.6 Å². The predicted molar refractivity (Wildman–Crippen MR) is 93.6 cm³/mol. The number of methoxy groups -OCH3 is 1.